The Hall–Kier alpha value is -0.660. The lowest BCUT2D eigenvalue weighted by molar-refractivity contribution is 0.0654. The minimum absolute atomic E-state index is 0.253. The normalized spacial score (nSPS) is 11.7. The number of likely N-dealkylation sites (N-methyl/N-ethyl adjacent to an activating group) is 1. The van der Waals surface area contributed by atoms with Crippen molar-refractivity contribution < 1.29 is 9.90 Å². The predicted molar refractivity (Wildman–Crippen MR) is 88.9 cm³/mol. The van der Waals surface area contributed by atoms with Gasteiger partial charge in [-0.15, -0.1) is 0 Å². The fourth-order valence-corrected chi connectivity index (χ4v) is 1.65. The minimum atomic E-state index is -0.974. The first-order valence-electron chi connectivity index (χ1n) is 6.26. The van der Waals surface area contributed by atoms with Gasteiger partial charge in [-0.25, -0.2) is 0 Å². The summed E-state index contributed by atoms with van der Waals surface area (Å²) in [4.78, 5) is 15.9. The number of ketones is 1. The Labute approximate surface area is 129 Å². The molecule has 108 valence electrons. The van der Waals surface area contributed by atoms with Crippen molar-refractivity contribution >= 4 is 34.1 Å². The molecule has 0 aliphatic heterocycles. The van der Waals surface area contributed by atoms with Gasteiger partial charge in [-0.3, -0.25) is 4.79 Å². The van der Waals surface area contributed by atoms with E-state index in [2.05, 4.69) is 22.6 Å². The van der Waals surface area contributed by atoms with Gasteiger partial charge >= 0.3 is 0 Å². The van der Waals surface area contributed by atoms with Crippen LogP contribution in [0.4, 0.5) is 5.69 Å². The quantitative estimate of drug-likeness (QED) is 0.345. The molecule has 0 aliphatic rings. The van der Waals surface area contributed by atoms with Gasteiger partial charge in [0.15, 0.2) is 5.78 Å². The number of alkyl halides is 1. The maximum absolute atomic E-state index is 11.9. The van der Waals surface area contributed by atoms with E-state index in [4.69, 9.17) is 5.73 Å². The van der Waals surface area contributed by atoms with Gasteiger partial charge in [0.1, 0.15) is 6.10 Å². The Morgan fingerprint density at radius 2 is 1.74 bits per heavy atom. The summed E-state index contributed by atoms with van der Waals surface area (Å²) in [6.07, 6.45) is -0.974. The highest BCUT2D eigenvalue weighted by Gasteiger charge is 2.18. The molecule has 0 saturated carbocycles. The summed E-state index contributed by atoms with van der Waals surface area (Å²) in [7, 11) is 0. The van der Waals surface area contributed by atoms with Crippen molar-refractivity contribution in [1.29, 1.82) is 0 Å². The summed E-state index contributed by atoms with van der Waals surface area (Å²) >= 11 is 2.15. The topological polar surface area (TPSA) is 66.6 Å². The van der Waals surface area contributed by atoms with E-state index in [-0.39, 0.29) is 5.78 Å². The third kappa shape index (κ3) is 6.35. The van der Waals surface area contributed by atoms with Crippen molar-refractivity contribution in [3.05, 3.63) is 29.8 Å². The first-order chi connectivity index (χ1) is 9.08. The van der Waals surface area contributed by atoms with Gasteiger partial charge in [-0.05, 0) is 42.3 Å². The van der Waals surface area contributed by atoms with Crippen LogP contribution in [0.15, 0.2) is 24.3 Å². The van der Waals surface area contributed by atoms with Crippen LogP contribution >= 0.6 is 22.6 Å². The third-order valence-electron chi connectivity index (χ3n) is 2.82. The van der Waals surface area contributed by atoms with Crippen LogP contribution in [0.2, 0.25) is 0 Å². The van der Waals surface area contributed by atoms with Crippen LogP contribution in [-0.4, -0.2) is 46.5 Å². The number of hydrogen-bond acceptors (Lipinski definition) is 4. The number of hydrogen-bond donors (Lipinski definition) is 2. The largest absolute Gasteiger partial charge is 0.399 e. The van der Waals surface area contributed by atoms with Crippen LogP contribution in [0.3, 0.4) is 0 Å². The molecule has 0 radical (unpaired) electrons. The van der Waals surface area contributed by atoms with Crippen molar-refractivity contribution in [2.75, 3.05) is 30.3 Å². The second-order valence-corrected chi connectivity index (χ2v) is 3.99. The first-order valence-corrected chi connectivity index (χ1v) is 8.42. The number of rotatable bonds is 6. The van der Waals surface area contributed by atoms with Gasteiger partial charge in [0.25, 0.3) is 0 Å². The number of aliphatic hydroxyl groups is 1. The zero-order valence-electron chi connectivity index (χ0n) is 11.8. The second-order valence-electron chi connectivity index (χ2n) is 3.99. The standard InChI is InChI=1S/C13H20N2O2.CH3I/c1-3-15(4-2)9-12(16)13(17)10-5-7-11(14)8-6-10;1-2/h5-8,12,16H,3-4,9,14H2,1-2H3;1H3. The first kappa shape index (κ1) is 18.3. The molecule has 1 unspecified atom stereocenters. The Morgan fingerprint density at radius 3 is 2.16 bits per heavy atom. The Morgan fingerprint density at radius 1 is 1.26 bits per heavy atom. The summed E-state index contributed by atoms with van der Waals surface area (Å²) in [6.45, 7) is 6.02. The summed E-state index contributed by atoms with van der Waals surface area (Å²) in [6, 6.07) is 6.61. The molecule has 0 amide bonds. The van der Waals surface area contributed by atoms with Gasteiger partial charge in [-0.1, -0.05) is 36.4 Å². The van der Waals surface area contributed by atoms with Gasteiger partial charge in [0.05, 0.1) is 0 Å². The van der Waals surface area contributed by atoms with E-state index in [1.54, 1.807) is 24.3 Å². The second kappa shape index (κ2) is 10.2. The number of nitrogen functional groups attached to an aromatic ring is 1. The molecule has 4 nitrogen and oxygen atoms in total. The minimum Gasteiger partial charge on any atom is -0.399 e. The number of nitrogens with two attached hydrogens (primary N) is 1. The summed E-state index contributed by atoms with van der Waals surface area (Å²) in [5.74, 6) is -0.253. The fraction of sp³-hybridized carbons (Fsp3) is 0.500. The molecule has 19 heavy (non-hydrogen) atoms. The lowest BCUT2D eigenvalue weighted by Crippen LogP contribution is -2.36. The molecule has 0 bridgehead atoms. The molecule has 1 rings (SSSR count). The zero-order valence-corrected chi connectivity index (χ0v) is 13.9. The van der Waals surface area contributed by atoms with Crippen LogP contribution in [0.25, 0.3) is 0 Å². The van der Waals surface area contributed by atoms with E-state index >= 15 is 0 Å². The number of aliphatic hydroxyl groups excluding tert-OH is 1. The fourth-order valence-electron chi connectivity index (χ4n) is 1.65. The molecule has 1 atom stereocenters. The van der Waals surface area contributed by atoms with E-state index in [9.17, 15) is 9.90 Å². The van der Waals surface area contributed by atoms with Gasteiger partial charge < -0.3 is 15.7 Å². The maximum Gasteiger partial charge on any atom is 0.192 e. The number of benzene rings is 1. The molecule has 0 aromatic heterocycles. The predicted octanol–water partition coefficient (Wildman–Crippen LogP) is 2.21. The zero-order chi connectivity index (χ0) is 14.8. The Bertz CT molecular complexity index is 364. The van der Waals surface area contributed by atoms with Crippen molar-refractivity contribution in [3.8, 4) is 0 Å². The van der Waals surface area contributed by atoms with Crippen molar-refractivity contribution in [3.63, 3.8) is 0 Å². The van der Waals surface area contributed by atoms with Crippen LogP contribution in [0, 0.1) is 0 Å². The van der Waals surface area contributed by atoms with E-state index in [0.717, 1.165) is 13.1 Å². The van der Waals surface area contributed by atoms with Crippen molar-refractivity contribution in [2.45, 2.75) is 20.0 Å². The molecule has 5 heteroatoms. The van der Waals surface area contributed by atoms with E-state index in [1.807, 2.05) is 23.7 Å². The molecule has 0 heterocycles. The Kier molecular flexibility index (Phi) is 9.81. The lowest BCUT2D eigenvalue weighted by Gasteiger charge is -2.21. The summed E-state index contributed by atoms with van der Waals surface area (Å²) in [5.41, 5.74) is 6.65. The third-order valence-corrected chi connectivity index (χ3v) is 2.82. The summed E-state index contributed by atoms with van der Waals surface area (Å²) in [5, 5.41) is 9.85. The molecule has 0 spiro atoms. The van der Waals surface area contributed by atoms with Crippen LogP contribution in [-0.2, 0) is 0 Å². The average molecular weight is 378 g/mol. The number of carbonyl (C=O) groups is 1. The SMILES string of the molecule is CCN(CC)CC(O)C(=O)c1ccc(N)cc1.CI. The average Bonchev–Trinajstić information content (AvgIpc) is 2.46. The van der Waals surface area contributed by atoms with Crippen LogP contribution in [0.1, 0.15) is 24.2 Å². The van der Waals surface area contributed by atoms with E-state index in [0.29, 0.717) is 17.8 Å². The molecule has 1 aromatic rings. The highest BCUT2D eigenvalue weighted by atomic mass is 127. The molecular weight excluding hydrogens is 355 g/mol. The monoisotopic (exact) mass is 378 g/mol. The Balaban J connectivity index is 0.00000154. The van der Waals surface area contributed by atoms with Crippen LogP contribution in [0.5, 0.6) is 0 Å². The van der Waals surface area contributed by atoms with Crippen molar-refractivity contribution in [2.24, 2.45) is 0 Å². The number of anilines is 1. The summed E-state index contributed by atoms with van der Waals surface area (Å²) < 4.78 is 0. The van der Waals surface area contributed by atoms with Gasteiger partial charge in [0, 0.05) is 17.8 Å². The number of Topliss-reactive ketones (excluding diaryl/α,β-unsaturated/α-hetero) is 1. The van der Waals surface area contributed by atoms with E-state index in [1.165, 1.54) is 0 Å². The number of nitrogens with zero attached hydrogens (tertiary/aromatic N) is 1. The number of carbonyl (C=O) groups excluding carboxylic acids is 1. The highest BCUT2D eigenvalue weighted by Crippen LogP contribution is 2.09. The van der Waals surface area contributed by atoms with E-state index < -0.39 is 6.10 Å². The molecule has 3 N–H and O–H groups in total. The lowest BCUT2D eigenvalue weighted by atomic mass is 10.1. The van der Waals surface area contributed by atoms with Gasteiger partial charge in [0.2, 0.25) is 0 Å². The van der Waals surface area contributed by atoms with Crippen molar-refractivity contribution in [1.82, 2.24) is 4.90 Å². The molecule has 0 fully saturated rings. The highest BCUT2D eigenvalue weighted by molar-refractivity contribution is 14.1. The van der Waals surface area contributed by atoms with Gasteiger partial charge in [-0.2, -0.15) is 0 Å². The van der Waals surface area contributed by atoms with Crippen LogP contribution < -0.4 is 5.73 Å². The number of halogens is 1. The molecule has 0 saturated heterocycles. The molecule has 1 aromatic carbocycles. The molecule has 0 aliphatic carbocycles. The molecular formula is C14H23IN2O2. The smallest absolute Gasteiger partial charge is 0.192 e. The maximum atomic E-state index is 11.9.